The highest BCUT2D eigenvalue weighted by molar-refractivity contribution is 6.30. The average molecular weight is 383 g/mol. The zero-order valence-electron chi connectivity index (χ0n) is 15.6. The molecular formula is C21H23ClN4O. The van der Waals surface area contributed by atoms with Crippen LogP contribution in [0.3, 0.4) is 0 Å². The van der Waals surface area contributed by atoms with Crippen LogP contribution in [0.25, 0.3) is 11.2 Å². The van der Waals surface area contributed by atoms with Gasteiger partial charge in [-0.25, -0.2) is 9.50 Å². The monoisotopic (exact) mass is 382 g/mol. The Balaban J connectivity index is 1.45. The van der Waals surface area contributed by atoms with Crippen LogP contribution in [-0.4, -0.2) is 44.2 Å². The lowest BCUT2D eigenvalue weighted by atomic mass is 10.0. The molecular weight excluding hydrogens is 360 g/mol. The SMILES string of the molecule is Cc1cc(C)n2nc(C3=CCN(CC(O)c4ccc(Cl)cc4)CC3)cc2n1. The Bertz CT molecular complexity index is 993. The number of hydrogen-bond acceptors (Lipinski definition) is 4. The van der Waals surface area contributed by atoms with E-state index >= 15 is 0 Å². The number of β-amino-alcohol motifs (C(OH)–C–C–N with tert-alkyl or cyclic N) is 1. The fraction of sp³-hybridized carbons (Fsp3) is 0.333. The van der Waals surface area contributed by atoms with Crippen molar-refractivity contribution in [2.75, 3.05) is 19.6 Å². The van der Waals surface area contributed by atoms with Crippen LogP contribution in [0, 0.1) is 13.8 Å². The van der Waals surface area contributed by atoms with E-state index in [9.17, 15) is 5.11 Å². The maximum atomic E-state index is 10.5. The van der Waals surface area contributed by atoms with Crippen LogP contribution in [0.1, 0.15) is 35.2 Å². The third-order valence-corrected chi connectivity index (χ3v) is 5.29. The first-order chi connectivity index (χ1) is 13.0. The summed E-state index contributed by atoms with van der Waals surface area (Å²) in [4.78, 5) is 6.82. The Morgan fingerprint density at radius 1 is 1.19 bits per heavy atom. The Kier molecular flexibility index (Phi) is 5.00. The van der Waals surface area contributed by atoms with Crippen LogP contribution in [0.5, 0.6) is 0 Å². The second kappa shape index (κ2) is 7.43. The minimum atomic E-state index is -0.512. The van der Waals surface area contributed by atoms with E-state index in [1.807, 2.05) is 48.7 Å². The van der Waals surface area contributed by atoms with Crippen LogP contribution < -0.4 is 0 Å². The number of rotatable bonds is 4. The quantitative estimate of drug-likeness (QED) is 0.745. The Hall–Kier alpha value is -2.21. The zero-order valence-corrected chi connectivity index (χ0v) is 16.3. The number of aliphatic hydroxyl groups is 1. The first-order valence-corrected chi connectivity index (χ1v) is 9.57. The van der Waals surface area contributed by atoms with Gasteiger partial charge in [0.2, 0.25) is 0 Å². The van der Waals surface area contributed by atoms with E-state index in [2.05, 4.69) is 22.0 Å². The third kappa shape index (κ3) is 3.90. The number of aliphatic hydroxyl groups excluding tert-OH is 1. The van der Waals surface area contributed by atoms with Crippen LogP contribution in [0.15, 0.2) is 42.5 Å². The van der Waals surface area contributed by atoms with Gasteiger partial charge in [0.1, 0.15) is 0 Å². The summed E-state index contributed by atoms with van der Waals surface area (Å²) in [7, 11) is 0. The summed E-state index contributed by atoms with van der Waals surface area (Å²) in [5.41, 5.74) is 6.12. The summed E-state index contributed by atoms with van der Waals surface area (Å²) in [5, 5.41) is 15.9. The minimum Gasteiger partial charge on any atom is -0.387 e. The first-order valence-electron chi connectivity index (χ1n) is 9.19. The van der Waals surface area contributed by atoms with E-state index < -0.39 is 6.10 Å². The molecule has 3 heterocycles. The van der Waals surface area contributed by atoms with Gasteiger partial charge in [0.15, 0.2) is 5.65 Å². The van der Waals surface area contributed by atoms with E-state index in [0.29, 0.717) is 11.6 Å². The van der Waals surface area contributed by atoms with Gasteiger partial charge in [0.05, 0.1) is 11.8 Å². The summed E-state index contributed by atoms with van der Waals surface area (Å²) < 4.78 is 1.90. The van der Waals surface area contributed by atoms with Gasteiger partial charge in [-0.05, 0) is 49.6 Å². The molecule has 6 heteroatoms. The number of fused-ring (bicyclic) bond motifs is 1. The normalized spacial score (nSPS) is 16.5. The Morgan fingerprint density at radius 2 is 1.96 bits per heavy atom. The molecule has 0 saturated heterocycles. The van der Waals surface area contributed by atoms with Gasteiger partial charge >= 0.3 is 0 Å². The number of benzene rings is 1. The molecule has 1 aromatic carbocycles. The number of nitrogens with zero attached hydrogens (tertiary/aromatic N) is 4. The van der Waals surface area contributed by atoms with Gasteiger partial charge in [0, 0.05) is 42.1 Å². The Labute approximate surface area is 163 Å². The molecule has 27 heavy (non-hydrogen) atoms. The lowest BCUT2D eigenvalue weighted by Gasteiger charge is -2.28. The summed E-state index contributed by atoms with van der Waals surface area (Å²) in [6.07, 6.45) is 2.61. The zero-order chi connectivity index (χ0) is 19.0. The highest BCUT2D eigenvalue weighted by Gasteiger charge is 2.19. The van der Waals surface area contributed by atoms with Crippen molar-refractivity contribution in [3.63, 3.8) is 0 Å². The van der Waals surface area contributed by atoms with E-state index in [4.69, 9.17) is 16.7 Å². The molecule has 0 saturated carbocycles. The predicted molar refractivity (Wildman–Crippen MR) is 108 cm³/mol. The molecule has 3 aromatic rings. The van der Waals surface area contributed by atoms with Crippen molar-refractivity contribution in [2.24, 2.45) is 0 Å². The third-order valence-electron chi connectivity index (χ3n) is 5.04. The predicted octanol–water partition coefficient (Wildman–Crippen LogP) is 3.82. The molecule has 4 rings (SSSR count). The number of aryl methyl sites for hydroxylation is 2. The topological polar surface area (TPSA) is 53.7 Å². The standard InChI is InChI=1S/C21H23ClN4O/c1-14-11-15(2)26-21(23-14)12-19(24-26)16-7-9-25(10-8-16)13-20(27)17-3-5-18(22)6-4-17/h3-7,11-12,20,27H,8-10,13H2,1-2H3. The maximum Gasteiger partial charge on any atom is 0.156 e. The molecule has 0 aliphatic carbocycles. The van der Waals surface area contributed by atoms with Gasteiger partial charge in [-0.1, -0.05) is 29.8 Å². The molecule has 2 aromatic heterocycles. The van der Waals surface area contributed by atoms with Crippen LogP contribution >= 0.6 is 11.6 Å². The van der Waals surface area contributed by atoms with Gasteiger partial charge in [-0.3, -0.25) is 4.90 Å². The van der Waals surface area contributed by atoms with Gasteiger partial charge in [-0.15, -0.1) is 0 Å². The fourth-order valence-corrected chi connectivity index (χ4v) is 3.71. The summed E-state index contributed by atoms with van der Waals surface area (Å²) >= 11 is 5.92. The molecule has 1 aliphatic heterocycles. The van der Waals surface area contributed by atoms with Crippen molar-refractivity contribution in [3.8, 4) is 0 Å². The molecule has 1 unspecified atom stereocenters. The van der Waals surface area contributed by atoms with E-state index in [1.54, 1.807) is 0 Å². The second-order valence-electron chi connectivity index (χ2n) is 7.14. The van der Waals surface area contributed by atoms with Crippen molar-refractivity contribution in [1.82, 2.24) is 19.5 Å². The second-order valence-corrected chi connectivity index (χ2v) is 7.58. The van der Waals surface area contributed by atoms with Crippen LogP contribution in [0.4, 0.5) is 0 Å². The number of aromatic nitrogens is 3. The van der Waals surface area contributed by atoms with Gasteiger partial charge in [0.25, 0.3) is 0 Å². The van der Waals surface area contributed by atoms with Crippen molar-refractivity contribution >= 4 is 22.8 Å². The molecule has 1 atom stereocenters. The molecule has 0 spiro atoms. The minimum absolute atomic E-state index is 0.512. The highest BCUT2D eigenvalue weighted by Crippen LogP contribution is 2.24. The molecule has 5 nitrogen and oxygen atoms in total. The highest BCUT2D eigenvalue weighted by atomic mass is 35.5. The first kappa shape index (κ1) is 18.2. The molecule has 0 radical (unpaired) electrons. The lowest BCUT2D eigenvalue weighted by Crippen LogP contribution is -2.32. The molecule has 0 amide bonds. The van der Waals surface area contributed by atoms with Crippen LogP contribution in [0.2, 0.25) is 5.02 Å². The van der Waals surface area contributed by atoms with Crippen LogP contribution in [-0.2, 0) is 0 Å². The summed E-state index contributed by atoms with van der Waals surface area (Å²) in [5.74, 6) is 0. The van der Waals surface area contributed by atoms with E-state index in [0.717, 1.165) is 47.8 Å². The largest absolute Gasteiger partial charge is 0.387 e. The summed E-state index contributed by atoms with van der Waals surface area (Å²) in [6.45, 7) is 6.36. The molecule has 0 fully saturated rings. The van der Waals surface area contributed by atoms with Crippen molar-refractivity contribution in [3.05, 3.63) is 70.1 Å². The van der Waals surface area contributed by atoms with Gasteiger partial charge < -0.3 is 5.11 Å². The molecule has 1 aliphatic rings. The number of halogens is 1. The van der Waals surface area contributed by atoms with Crippen molar-refractivity contribution in [2.45, 2.75) is 26.4 Å². The van der Waals surface area contributed by atoms with Crippen molar-refractivity contribution in [1.29, 1.82) is 0 Å². The van der Waals surface area contributed by atoms with Crippen molar-refractivity contribution < 1.29 is 5.11 Å². The molecule has 140 valence electrons. The summed E-state index contributed by atoms with van der Waals surface area (Å²) in [6, 6.07) is 11.5. The smallest absolute Gasteiger partial charge is 0.156 e. The van der Waals surface area contributed by atoms with E-state index in [-0.39, 0.29) is 0 Å². The fourth-order valence-electron chi connectivity index (χ4n) is 3.59. The van der Waals surface area contributed by atoms with E-state index in [1.165, 1.54) is 5.57 Å². The maximum absolute atomic E-state index is 10.5. The number of hydrogen-bond donors (Lipinski definition) is 1. The average Bonchev–Trinajstić information content (AvgIpc) is 3.07. The Morgan fingerprint density at radius 3 is 2.67 bits per heavy atom. The lowest BCUT2D eigenvalue weighted by molar-refractivity contribution is 0.119. The molecule has 1 N–H and O–H groups in total. The molecule has 0 bridgehead atoms. The van der Waals surface area contributed by atoms with Gasteiger partial charge in [-0.2, -0.15) is 5.10 Å².